The lowest BCUT2D eigenvalue weighted by Crippen LogP contribution is -2.62. The zero-order valence-corrected chi connectivity index (χ0v) is 31.7. The van der Waals surface area contributed by atoms with Crippen LogP contribution in [0.25, 0.3) is 0 Å². The number of amides is 1. The zero-order valence-electron chi connectivity index (χ0n) is 31.7. The molecule has 2 aromatic rings. The SMILES string of the molecule is CC1=C(O)C(=O)C=C2C1=CC=C1[C@@]2(C)CC[C@@]2(C)C3C[C@](C)(C(=O)NCc4cn(Cc5ccc(C(C)(C)C)cc5)nn4)CC[C@]3(C)CC[C@]12C. The Morgan fingerprint density at radius 1 is 0.980 bits per heavy atom. The monoisotopic (exact) mass is 676 g/mol. The molecule has 50 heavy (non-hydrogen) atoms. The van der Waals surface area contributed by atoms with Crippen LogP contribution in [-0.2, 0) is 28.1 Å². The summed E-state index contributed by atoms with van der Waals surface area (Å²) in [7, 11) is 0. The van der Waals surface area contributed by atoms with Crippen LogP contribution >= 0.6 is 0 Å². The van der Waals surface area contributed by atoms with E-state index in [2.05, 4.69) is 107 Å². The molecule has 2 N–H and O–H groups in total. The smallest absolute Gasteiger partial charge is 0.226 e. The fraction of sp³-hybridized carbons (Fsp3) is 0.581. The van der Waals surface area contributed by atoms with Gasteiger partial charge in [0.15, 0.2) is 5.76 Å². The van der Waals surface area contributed by atoms with E-state index in [9.17, 15) is 14.7 Å². The van der Waals surface area contributed by atoms with Gasteiger partial charge < -0.3 is 10.4 Å². The Labute approximate surface area is 298 Å². The largest absolute Gasteiger partial charge is 0.504 e. The van der Waals surface area contributed by atoms with E-state index in [-0.39, 0.29) is 44.5 Å². The molecule has 1 amide bonds. The topological polar surface area (TPSA) is 97.1 Å². The highest BCUT2D eigenvalue weighted by Gasteiger charge is 2.67. The van der Waals surface area contributed by atoms with Crippen molar-refractivity contribution in [1.82, 2.24) is 20.3 Å². The Kier molecular flexibility index (Phi) is 7.90. The van der Waals surface area contributed by atoms with Gasteiger partial charge in [0.2, 0.25) is 11.7 Å². The highest BCUT2D eigenvalue weighted by molar-refractivity contribution is 6.06. The van der Waals surface area contributed by atoms with Gasteiger partial charge in [-0.1, -0.05) is 103 Å². The second-order valence-electron chi connectivity index (χ2n) is 18.6. The average Bonchev–Trinajstić information content (AvgIpc) is 3.51. The summed E-state index contributed by atoms with van der Waals surface area (Å²) in [6.07, 6.45) is 15.1. The van der Waals surface area contributed by atoms with Gasteiger partial charge in [0.1, 0.15) is 5.69 Å². The minimum absolute atomic E-state index is 0.00131. The number of aliphatic hydroxyl groups excluding tert-OH is 1. The van der Waals surface area contributed by atoms with Crippen LogP contribution in [0.5, 0.6) is 0 Å². The van der Waals surface area contributed by atoms with Gasteiger partial charge in [0.05, 0.1) is 19.3 Å². The van der Waals surface area contributed by atoms with E-state index < -0.39 is 5.41 Å². The number of ketones is 1. The molecule has 1 aromatic carbocycles. The number of benzene rings is 1. The van der Waals surface area contributed by atoms with E-state index in [0.29, 0.717) is 24.6 Å². The Morgan fingerprint density at radius 3 is 2.38 bits per heavy atom. The molecule has 7 nitrogen and oxygen atoms in total. The summed E-state index contributed by atoms with van der Waals surface area (Å²) in [6, 6.07) is 8.68. The molecule has 7 rings (SSSR count). The van der Waals surface area contributed by atoms with Crippen LogP contribution in [0.1, 0.15) is 124 Å². The first-order chi connectivity index (χ1) is 23.3. The first-order valence-corrected chi connectivity index (χ1v) is 18.7. The molecule has 1 heterocycles. The van der Waals surface area contributed by atoms with Crippen LogP contribution < -0.4 is 5.32 Å². The number of carbonyl (C=O) groups is 2. The van der Waals surface area contributed by atoms with E-state index in [1.165, 1.54) is 16.7 Å². The fourth-order valence-electron chi connectivity index (χ4n) is 10.8. The zero-order chi connectivity index (χ0) is 36.1. The van der Waals surface area contributed by atoms with E-state index >= 15 is 0 Å². The Morgan fingerprint density at radius 2 is 1.68 bits per heavy atom. The van der Waals surface area contributed by atoms with Gasteiger partial charge in [0.25, 0.3) is 0 Å². The minimum atomic E-state index is -0.469. The van der Waals surface area contributed by atoms with Crippen molar-refractivity contribution in [2.24, 2.45) is 33.0 Å². The quantitative estimate of drug-likeness (QED) is 0.330. The molecule has 5 aliphatic rings. The first-order valence-electron chi connectivity index (χ1n) is 18.7. The number of rotatable bonds is 5. The number of hydrogen-bond donors (Lipinski definition) is 2. The summed E-state index contributed by atoms with van der Waals surface area (Å²) in [5.74, 6) is 0.0782. The van der Waals surface area contributed by atoms with Crippen LogP contribution in [0, 0.1) is 33.0 Å². The van der Waals surface area contributed by atoms with Crippen LogP contribution in [0.4, 0.5) is 0 Å². The summed E-state index contributed by atoms with van der Waals surface area (Å²) in [5, 5.41) is 22.5. The molecule has 5 aliphatic carbocycles. The fourth-order valence-corrected chi connectivity index (χ4v) is 10.8. The minimum Gasteiger partial charge on any atom is -0.504 e. The standard InChI is InChI=1S/C43H56N4O3/c1-27-31-14-15-34-41(7,32(31)22-33(48)36(27)49)19-21-43(9)35-23-40(6,17-16-39(35,5)18-20-42(34,43)8)37(50)44-24-30-26-47(46-45-30)25-28-10-12-29(13-11-28)38(2,3)4/h10-15,22,26,35,49H,16-21,23-25H2,1-9H3,(H,44,50)/t35?,39-,40-,41+,42-,43+/m1/s1. The molecule has 7 heteroatoms. The molecule has 3 fully saturated rings. The molecule has 1 aromatic heterocycles. The van der Waals surface area contributed by atoms with E-state index in [1.807, 2.05) is 17.8 Å². The van der Waals surface area contributed by atoms with E-state index in [4.69, 9.17) is 0 Å². The van der Waals surface area contributed by atoms with Crippen LogP contribution in [0.15, 0.2) is 76.7 Å². The molecule has 0 radical (unpaired) electrons. The van der Waals surface area contributed by atoms with Gasteiger partial charge in [-0.2, -0.15) is 0 Å². The number of carbonyl (C=O) groups excluding carboxylic acids is 2. The van der Waals surface area contributed by atoms with Gasteiger partial charge in [0, 0.05) is 16.4 Å². The molecule has 3 saturated carbocycles. The molecule has 266 valence electrons. The van der Waals surface area contributed by atoms with Gasteiger partial charge in [-0.25, -0.2) is 4.68 Å². The van der Waals surface area contributed by atoms with Gasteiger partial charge in [-0.05, 0) is 108 Å². The van der Waals surface area contributed by atoms with Crippen molar-refractivity contribution >= 4 is 11.7 Å². The number of aromatic nitrogens is 3. The van der Waals surface area contributed by atoms with E-state index in [1.54, 1.807) is 6.08 Å². The van der Waals surface area contributed by atoms with Crippen molar-refractivity contribution in [3.05, 3.63) is 93.6 Å². The van der Waals surface area contributed by atoms with Crippen LogP contribution in [0.2, 0.25) is 0 Å². The maximum absolute atomic E-state index is 14.1. The van der Waals surface area contributed by atoms with Crippen LogP contribution in [-0.4, -0.2) is 31.8 Å². The number of aliphatic hydroxyl groups is 1. The maximum Gasteiger partial charge on any atom is 0.226 e. The molecule has 0 saturated heterocycles. The Balaban J connectivity index is 1.08. The first kappa shape index (κ1) is 34.7. The van der Waals surface area contributed by atoms with Crippen molar-refractivity contribution in [3.63, 3.8) is 0 Å². The van der Waals surface area contributed by atoms with Crippen molar-refractivity contribution in [2.75, 3.05) is 0 Å². The number of nitrogens with zero attached hydrogens (tertiary/aromatic N) is 3. The number of allylic oxidation sites excluding steroid dienone is 7. The van der Waals surface area contributed by atoms with Crippen molar-refractivity contribution < 1.29 is 14.7 Å². The molecule has 6 atom stereocenters. The highest BCUT2D eigenvalue weighted by Crippen LogP contribution is 2.75. The lowest BCUT2D eigenvalue weighted by atomic mass is 9.34. The van der Waals surface area contributed by atoms with Gasteiger partial charge in [-0.15, -0.1) is 5.10 Å². The summed E-state index contributed by atoms with van der Waals surface area (Å²) < 4.78 is 1.85. The number of fused-ring (bicyclic) bond motifs is 7. The van der Waals surface area contributed by atoms with Crippen molar-refractivity contribution in [3.8, 4) is 0 Å². The Hall–Kier alpha value is -3.74. The average molecular weight is 677 g/mol. The van der Waals surface area contributed by atoms with Gasteiger partial charge >= 0.3 is 0 Å². The second-order valence-corrected chi connectivity index (χ2v) is 18.6. The molecule has 0 spiro atoms. The third-order valence-electron chi connectivity index (χ3n) is 14.6. The summed E-state index contributed by atoms with van der Waals surface area (Å²) >= 11 is 0. The molecular weight excluding hydrogens is 620 g/mol. The number of nitrogens with one attached hydrogen (secondary N) is 1. The third-order valence-corrected chi connectivity index (χ3v) is 14.6. The van der Waals surface area contributed by atoms with Crippen molar-refractivity contribution in [1.29, 1.82) is 0 Å². The lowest BCUT2D eigenvalue weighted by Gasteiger charge is -2.70. The normalized spacial score (nSPS) is 35.2. The third kappa shape index (κ3) is 5.20. The molecule has 0 bridgehead atoms. The highest BCUT2D eigenvalue weighted by atomic mass is 16.3. The van der Waals surface area contributed by atoms with E-state index in [0.717, 1.165) is 61.8 Å². The predicted octanol–water partition coefficient (Wildman–Crippen LogP) is 8.87. The molecule has 0 aliphatic heterocycles. The predicted molar refractivity (Wildman–Crippen MR) is 197 cm³/mol. The lowest BCUT2D eigenvalue weighted by molar-refractivity contribution is -0.169. The maximum atomic E-state index is 14.1. The van der Waals surface area contributed by atoms with Crippen LogP contribution in [0.3, 0.4) is 0 Å². The van der Waals surface area contributed by atoms with Gasteiger partial charge in [-0.3, -0.25) is 9.59 Å². The van der Waals surface area contributed by atoms with Crippen molar-refractivity contribution in [2.45, 2.75) is 126 Å². The summed E-state index contributed by atoms with van der Waals surface area (Å²) in [5.41, 5.74) is 6.89. The second kappa shape index (κ2) is 11.4. The molecular formula is C43H56N4O3. The summed E-state index contributed by atoms with van der Waals surface area (Å²) in [4.78, 5) is 26.9. The summed E-state index contributed by atoms with van der Waals surface area (Å²) in [6.45, 7) is 21.5. The number of hydrogen-bond acceptors (Lipinski definition) is 5. The molecule has 1 unspecified atom stereocenters. The Bertz CT molecular complexity index is 1890.